The molecule has 3 aromatic carbocycles. The highest BCUT2D eigenvalue weighted by Crippen LogP contribution is 2.37. The minimum Gasteiger partial charge on any atom is -0.497 e. The molecule has 7 nitrogen and oxygen atoms in total. The van der Waals surface area contributed by atoms with Gasteiger partial charge in [0, 0.05) is 5.54 Å². The van der Waals surface area contributed by atoms with Crippen LogP contribution in [0, 0.1) is 0 Å². The molecule has 0 fully saturated rings. The summed E-state index contributed by atoms with van der Waals surface area (Å²) in [5, 5.41) is 3.03. The first-order valence-corrected chi connectivity index (χ1v) is 12.4. The van der Waals surface area contributed by atoms with Crippen LogP contribution in [0.4, 0.5) is 5.69 Å². The molecule has 8 heteroatoms. The van der Waals surface area contributed by atoms with Crippen LogP contribution < -0.4 is 19.1 Å². The van der Waals surface area contributed by atoms with Gasteiger partial charge >= 0.3 is 0 Å². The largest absolute Gasteiger partial charge is 0.497 e. The lowest BCUT2D eigenvalue weighted by Crippen LogP contribution is -2.55. The van der Waals surface area contributed by atoms with Crippen LogP contribution in [0.3, 0.4) is 0 Å². The molecule has 1 aliphatic rings. The first-order chi connectivity index (χ1) is 16.2. The predicted octanol–water partition coefficient (Wildman–Crippen LogP) is 3.79. The summed E-state index contributed by atoms with van der Waals surface area (Å²) in [4.78, 5) is 13.3. The van der Waals surface area contributed by atoms with Gasteiger partial charge in [0.15, 0.2) is 6.10 Å². The molecule has 1 heterocycles. The Kier molecular flexibility index (Phi) is 6.52. The second-order valence-corrected chi connectivity index (χ2v) is 10.7. The van der Waals surface area contributed by atoms with E-state index >= 15 is 0 Å². The van der Waals surface area contributed by atoms with Gasteiger partial charge in [0.1, 0.15) is 11.5 Å². The zero-order chi connectivity index (χ0) is 24.3. The number of amides is 1. The summed E-state index contributed by atoms with van der Waals surface area (Å²) >= 11 is 0. The molecule has 4 rings (SSSR count). The molecule has 0 bridgehead atoms. The van der Waals surface area contributed by atoms with Crippen molar-refractivity contribution in [1.82, 2.24) is 5.32 Å². The van der Waals surface area contributed by atoms with Crippen LogP contribution in [0.25, 0.3) is 0 Å². The Morgan fingerprint density at radius 2 is 1.68 bits per heavy atom. The number of ether oxygens (including phenoxy) is 2. The molecule has 0 saturated heterocycles. The summed E-state index contributed by atoms with van der Waals surface area (Å²) < 4.78 is 39.4. The number of sulfonamides is 1. The van der Waals surface area contributed by atoms with Gasteiger partial charge in [0.25, 0.3) is 15.9 Å². The average Bonchev–Trinajstić information content (AvgIpc) is 2.83. The lowest BCUT2D eigenvalue weighted by molar-refractivity contribution is -0.129. The number of benzene rings is 3. The normalized spacial score (nSPS) is 15.7. The highest BCUT2D eigenvalue weighted by molar-refractivity contribution is 7.92. The summed E-state index contributed by atoms with van der Waals surface area (Å²) in [5.41, 5.74) is 0.927. The van der Waals surface area contributed by atoms with Gasteiger partial charge in [-0.1, -0.05) is 42.5 Å². The van der Waals surface area contributed by atoms with Crippen molar-refractivity contribution in [2.75, 3.05) is 18.0 Å². The van der Waals surface area contributed by atoms with Crippen molar-refractivity contribution in [2.45, 2.75) is 36.8 Å². The Balaban J connectivity index is 1.59. The molecule has 0 unspecified atom stereocenters. The van der Waals surface area contributed by atoms with Gasteiger partial charge < -0.3 is 14.8 Å². The van der Waals surface area contributed by atoms with E-state index in [9.17, 15) is 13.2 Å². The summed E-state index contributed by atoms with van der Waals surface area (Å²) in [6.45, 7) is 3.72. The van der Waals surface area contributed by atoms with Crippen molar-refractivity contribution >= 4 is 21.6 Å². The van der Waals surface area contributed by atoms with E-state index in [0.717, 1.165) is 5.56 Å². The maximum Gasteiger partial charge on any atom is 0.264 e. The maximum absolute atomic E-state index is 13.5. The molecule has 34 heavy (non-hydrogen) atoms. The second-order valence-electron chi connectivity index (χ2n) is 8.82. The molecule has 3 aromatic rings. The number of methoxy groups -OCH3 is 1. The third kappa shape index (κ3) is 5.02. The summed E-state index contributed by atoms with van der Waals surface area (Å²) in [7, 11) is -2.42. The fourth-order valence-corrected chi connectivity index (χ4v) is 5.48. The molecule has 0 radical (unpaired) electrons. The van der Waals surface area contributed by atoms with Crippen LogP contribution in [-0.2, 0) is 21.2 Å². The first kappa shape index (κ1) is 23.6. The number of hydrogen-bond acceptors (Lipinski definition) is 5. The van der Waals surface area contributed by atoms with Gasteiger partial charge in [-0.25, -0.2) is 8.42 Å². The molecule has 1 amide bonds. The van der Waals surface area contributed by atoms with Gasteiger partial charge in [-0.3, -0.25) is 9.10 Å². The number of carbonyl (C=O) groups excluding carboxylic acids is 1. The molecular weight excluding hydrogens is 452 g/mol. The van der Waals surface area contributed by atoms with Crippen molar-refractivity contribution in [2.24, 2.45) is 0 Å². The smallest absolute Gasteiger partial charge is 0.264 e. The topological polar surface area (TPSA) is 84.9 Å². The molecule has 0 aromatic heterocycles. The van der Waals surface area contributed by atoms with Gasteiger partial charge in [0.05, 0.1) is 24.2 Å². The fraction of sp³-hybridized carbons (Fsp3) is 0.269. The first-order valence-electron chi connectivity index (χ1n) is 11.0. The van der Waals surface area contributed by atoms with Crippen LogP contribution in [0.2, 0.25) is 0 Å². The average molecular weight is 481 g/mol. The van der Waals surface area contributed by atoms with E-state index in [1.54, 1.807) is 36.4 Å². The van der Waals surface area contributed by atoms with Crippen LogP contribution in [-0.4, -0.2) is 39.6 Å². The standard InChI is InChI=1S/C26H28N2O5S/c1-26(2,17-19-9-5-4-6-10-19)27-25(29)24-18-28(22-11-7-8-12-23(22)33-24)34(30,31)21-15-13-20(32-3)14-16-21/h4-16,24H,17-18H2,1-3H3,(H,27,29)/t24-/m0/s1. The van der Waals surface area contributed by atoms with E-state index in [1.807, 2.05) is 44.2 Å². The van der Waals surface area contributed by atoms with E-state index < -0.39 is 21.7 Å². The number of fused-ring (bicyclic) bond motifs is 1. The Morgan fingerprint density at radius 1 is 1.03 bits per heavy atom. The number of para-hydroxylation sites is 2. The molecule has 0 aliphatic carbocycles. The third-order valence-corrected chi connectivity index (χ3v) is 7.42. The monoisotopic (exact) mass is 480 g/mol. The third-order valence-electron chi connectivity index (χ3n) is 5.63. The Morgan fingerprint density at radius 3 is 2.35 bits per heavy atom. The molecule has 1 N–H and O–H groups in total. The van der Waals surface area contributed by atoms with Crippen LogP contribution in [0.5, 0.6) is 11.5 Å². The fourth-order valence-electron chi connectivity index (χ4n) is 4.01. The summed E-state index contributed by atoms with van der Waals surface area (Å²) in [6, 6.07) is 22.9. The highest BCUT2D eigenvalue weighted by Gasteiger charge is 2.38. The number of rotatable bonds is 7. The Bertz CT molecular complexity index is 1260. The second kappa shape index (κ2) is 9.38. The zero-order valence-electron chi connectivity index (χ0n) is 19.4. The van der Waals surface area contributed by atoms with Crippen LogP contribution in [0.1, 0.15) is 19.4 Å². The van der Waals surface area contributed by atoms with Crippen molar-refractivity contribution in [3.8, 4) is 11.5 Å². The Hall–Kier alpha value is -3.52. The molecule has 0 saturated carbocycles. The van der Waals surface area contributed by atoms with E-state index in [1.165, 1.54) is 23.5 Å². The van der Waals surface area contributed by atoms with Crippen molar-refractivity contribution < 1.29 is 22.7 Å². The van der Waals surface area contributed by atoms with Gasteiger partial charge in [-0.15, -0.1) is 0 Å². The van der Waals surface area contributed by atoms with Gasteiger partial charge in [0.2, 0.25) is 0 Å². The van der Waals surface area contributed by atoms with Crippen LogP contribution >= 0.6 is 0 Å². The van der Waals surface area contributed by atoms with Gasteiger partial charge in [-0.05, 0) is 62.2 Å². The minimum atomic E-state index is -3.94. The lowest BCUT2D eigenvalue weighted by atomic mass is 9.94. The summed E-state index contributed by atoms with van der Waals surface area (Å²) in [5.74, 6) is 0.524. The molecular formula is C26H28N2O5S. The molecule has 0 spiro atoms. The zero-order valence-corrected chi connectivity index (χ0v) is 20.2. The number of nitrogens with zero attached hydrogens (tertiary/aromatic N) is 1. The van der Waals surface area contributed by atoms with Crippen molar-refractivity contribution in [1.29, 1.82) is 0 Å². The summed E-state index contributed by atoms with van der Waals surface area (Å²) in [6.07, 6.45) is -0.380. The number of nitrogens with one attached hydrogen (secondary N) is 1. The number of hydrogen-bond donors (Lipinski definition) is 1. The minimum absolute atomic E-state index is 0.105. The molecule has 1 atom stereocenters. The lowest BCUT2D eigenvalue weighted by Gasteiger charge is -2.36. The van der Waals surface area contributed by atoms with Crippen molar-refractivity contribution in [3.63, 3.8) is 0 Å². The van der Waals surface area contributed by atoms with E-state index in [0.29, 0.717) is 23.6 Å². The number of anilines is 1. The predicted molar refractivity (Wildman–Crippen MR) is 131 cm³/mol. The van der Waals surface area contributed by atoms with E-state index in [4.69, 9.17) is 9.47 Å². The molecule has 178 valence electrons. The van der Waals surface area contributed by atoms with E-state index in [2.05, 4.69) is 5.32 Å². The van der Waals surface area contributed by atoms with Crippen LogP contribution in [0.15, 0.2) is 83.8 Å². The van der Waals surface area contributed by atoms with Gasteiger partial charge in [-0.2, -0.15) is 0 Å². The van der Waals surface area contributed by atoms with Crippen molar-refractivity contribution in [3.05, 3.63) is 84.4 Å². The Labute approximate surface area is 200 Å². The highest BCUT2D eigenvalue weighted by atomic mass is 32.2. The molecule has 1 aliphatic heterocycles. The van der Waals surface area contributed by atoms with E-state index in [-0.39, 0.29) is 17.3 Å². The quantitative estimate of drug-likeness (QED) is 0.556. The SMILES string of the molecule is COc1ccc(S(=O)(=O)N2C[C@@H](C(=O)NC(C)(C)Cc3ccccc3)Oc3ccccc32)cc1. The number of carbonyl (C=O) groups is 1. The maximum atomic E-state index is 13.5.